The summed E-state index contributed by atoms with van der Waals surface area (Å²) in [5, 5.41) is 8.48. The van der Waals surface area contributed by atoms with E-state index in [1.54, 1.807) is 12.1 Å². The number of carbonyl (C=O) groups excluding carboxylic acids is 1. The number of ketones is 1. The third kappa shape index (κ3) is 2.41. The standard InChI is InChI=1S/C11H10N2O4/c14-9(3-4-10(15)16)6-1-2-7-8(5-6)13-11(17)12-7/h1-2,5H,3-4H2,(H,15,16)(H2,12,13,17). The molecule has 0 unspecified atom stereocenters. The highest BCUT2D eigenvalue weighted by Gasteiger charge is 2.09. The van der Waals surface area contributed by atoms with Crippen LogP contribution in [0.25, 0.3) is 11.0 Å². The van der Waals surface area contributed by atoms with Crippen molar-refractivity contribution in [3.05, 3.63) is 34.2 Å². The second-order valence-electron chi connectivity index (χ2n) is 3.66. The van der Waals surface area contributed by atoms with Gasteiger partial charge in [0.15, 0.2) is 5.78 Å². The van der Waals surface area contributed by atoms with E-state index in [0.717, 1.165) is 0 Å². The first-order chi connectivity index (χ1) is 8.06. The Labute approximate surface area is 95.3 Å². The van der Waals surface area contributed by atoms with Crippen LogP contribution in [0.4, 0.5) is 0 Å². The van der Waals surface area contributed by atoms with E-state index in [2.05, 4.69) is 9.97 Å². The van der Waals surface area contributed by atoms with Crippen LogP contribution in [0.15, 0.2) is 23.0 Å². The van der Waals surface area contributed by atoms with Crippen LogP contribution in [-0.2, 0) is 4.79 Å². The first-order valence-electron chi connectivity index (χ1n) is 5.03. The number of aromatic nitrogens is 2. The van der Waals surface area contributed by atoms with Crippen molar-refractivity contribution in [2.24, 2.45) is 0 Å². The summed E-state index contributed by atoms with van der Waals surface area (Å²) in [5.74, 6) is -1.26. The average molecular weight is 234 g/mol. The molecule has 0 aliphatic heterocycles. The van der Waals surface area contributed by atoms with Crippen molar-refractivity contribution in [2.75, 3.05) is 0 Å². The van der Waals surface area contributed by atoms with E-state index in [-0.39, 0.29) is 24.3 Å². The van der Waals surface area contributed by atoms with Crippen molar-refractivity contribution in [1.82, 2.24) is 9.97 Å². The highest BCUT2D eigenvalue weighted by atomic mass is 16.4. The predicted octanol–water partition coefficient (Wildman–Crippen LogP) is 0.904. The van der Waals surface area contributed by atoms with Gasteiger partial charge in [-0.15, -0.1) is 0 Å². The fraction of sp³-hybridized carbons (Fsp3) is 0.182. The lowest BCUT2D eigenvalue weighted by Crippen LogP contribution is -2.03. The van der Waals surface area contributed by atoms with E-state index in [1.165, 1.54) is 6.07 Å². The van der Waals surface area contributed by atoms with Gasteiger partial charge in [0.25, 0.3) is 0 Å². The zero-order valence-corrected chi connectivity index (χ0v) is 8.82. The number of Topliss-reactive ketones (excluding diaryl/α,β-unsaturated/α-hetero) is 1. The molecule has 0 spiro atoms. The Morgan fingerprint density at radius 2 is 1.82 bits per heavy atom. The normalized spacial score (nSPS) is 10.6. The lowest BCUT2D eigenvalue weighted by molar-refractivity contribution is -0.136. The number of nitrogens with one attached hydrogen (secondary N) is 2. The molecular formula is C11H10N2O4. The summed E-state index contributed by atoms with van der Waals surface area (Å²) in [6.45, 7) is 0. The van der Waals surface area contributed by atoms with Crippen LogP contribution in [-0.4, -0.2) is 26.8 Å². The number of aromatic amines is 2. The van der Waals surface area contributed by atoms with Crippen LogP contribution < -0.4 is 5.69 Å². The Kier molecular flexibility index (Phi) is 2.78. The van der Waals surface area contributed by atoms with Crippen LogP contribution >= 0.6 is 0 Å². The summed E-state index contributed by atoms with van der Waals surface area (Å²) in [6.07, 6.45) is -0.240. The second kappa shape index (κ2) is 4.25. The number of H-pyrrole nitrogens is 2. The van der Waals surface area contributed by atoms with Gasteiger partial charge in [-0.1, -0.05) is 0 Å². The first kappa shape index (κ1) is 11.1. The molecule has 0 radical (unpaired) electrons. The van der Waals surface area contributed by atoms with Crippen molar-refractivity contribution >= 4 is 22.8 Å². The van der Waals surface area contributed by atoms with E-state index in [1.807, 2.05) is 0 Å². The molecule has 1 heterocycles. The summed E-state index contributed by atoms with van der Waals surface area (Å²) in [7, 11) is 0. The van der Waals surface area contributed by atoms with Gasteiger partial charge in [-0.2, -0.15) is 0 Å². The number of carboxylic acid groups (broad SMARTS) is 1. The molecule has 0 amide bonds. The van der Waals surface area contributed by atoms with E-state index in [9.17, 15) is 14.4 Å². The van der Waals surface area contributed by atoms with Gasteiger partial charge >= 0.3 is 11.7 Å². The number of imidazole rings is 1. The highest BCUT2D eigenvalue weighted by molar-refractivity contribution is 5.99. The number of rotatable bonds is 4. The summed E-state index contributed by atoms with van der Waals surface area (Å²) < 4.78 is 0. The van der Waals surface area contributed by atoms with Crippen molar-refractivity contribution in [3.8, 4) is 0 Å². The van der Waals surface area contributed by atoms with Crippen molar-refractivity contribution in [1.29, 1.82) is 0 Å². The van der Waals surface area contributed by atoms with E-state index in [0.29, 0.717) is 16.6 Å². The maximum atomic E-state index is 11.6. The van der Waals surface area contributed by atoms with Gasteiger partial charge in [0.1, 0.15) is 0 Å². The molecule has 1 aromatic carbocycles. The third-order valence-corrected chi connectivity index (χ3v) is 2.40. The third-order valence-electron chi connectivity index (χ3n) is 2.40. The molecule has 0 aliphatic rings. The molecule has 0 fully saturated rings. The lowest BCUT2D eigenvalue weighted by atomic mass is 10.1. The van der Waals surface area contributed by atoms with Crippen LogP contribution in [0.1, 0.15) is 23.2 Å². The molecule has 0 saturated carbocycles. The number of hydrogen-bond acceptors (Lipinski definition) is 3. The highest BCUT2D eigenvalue weighted by Crippen LogP contribution is 2.12. The molecule has 17 heavy (non-hydrogen) atoms. The largest absolute Gasteiger partial charge is 0.481 e. The van der Waals surface area contributed by atoms with Crippen LogP contribution in [0.3, 0.4) is 0 Å². The molecule has 0 bridgehead atoms. The summed E-state index contributed by atoms with van der Waals surface area (Å²) in [4.78, 5) is 38.1. The molecule has 6 heteroatoms. The smallest absolute Gasteiger partial charge is 0.323 e. The Morgan fingerprint density at radius 3 is 2.53 bits per heavy atom. The van der Waals surface area contributed by atoms with Gasteiger partial charge in [-0.05, 0) is 18.2 Å². The Balaban J connectivity index is 2.26. The number of benzene rings is 1. The van der Waals surface area contributed by atoms with Crippen molar-refractivity contribution in [3.63, 3.8) is 0 Å². The van der Waals surface area contributed by atoms with Crippen molar-refractivity contribution < 1.29 is 14.7 Å². The van der Waals surface area contributed by atoms with Gasteiger partial charge < -0.3 is 15.1 Å². The Hall–Kier alpha value is -2.37. The topological polar surface area (TPSA) is 103 Å². The van der Waals surface area contributed by atoms with Gasteiger partial charge in [0.05, 0.1) is 17.5 Å². The lowest BCUT2D eigenvalue weighted by Gasteiger charge is -1.99. The minimum Gasteiger partial charge on any atom is -0.481 e. The second-order valence-corrected chi connectivity index (χ2v) is 3.66. The Morgan fingerprint density at radius 1 is 1.12 bits per heavy atom. The quantitative estimate of drug-likeness (QED) is 0.684. The minimum atomic E-state index is -1.01. The van der Waals surface area contributed by atoms with Gasteiger partial charge in [0, 0.05) is 12.0 Å². The van der Waals surface area contributed by atoms with Crippen molar-refractivity contribution in [2.45, 2.75) is 12.8 Å². The van der Waals surface area contributed by atoms with Gasteiger partial charge in [0.2, 0.25) is 0 Å². The molecule has 0 aliphatic carbocycles. The van der Waals surface area contributed by atoms with Crippen LogP contribution in [0.2, 0.25) is 0 Å². The molecule has 2 aromatic rings. The van der Waals surface area contributed by atoms with Crippen LogP contribution in [0, 0.1) is 0 Å². The van der Waals surface area contributed by atoms with E-state index >= 15 is 0 Å². The fourth-order valence-electron chi connectivity index (χ4n) is 1.57. The van der Waals surface area contributed by atoms with Gasteiger partial charge in [-0.25, -0.2) is 4.79 Å². The van der Waals surface area contributed by atoms with E-state index < -0.39 is 5.97 Å². The zero-order chi connectivity index (χ0) is 12.4. The number of aliphatic carboxylic acids is 1. The SMILES string of the molecule is O=C(O)CCC(=O)c1ccc2[nH]c(=O)[nH]c2c1. The molecule has 6 nitrogen and oxygen atoms in total. The molecule has 2 rings (SSSR count). The predicted molar refractivity (Wildman–Crippen MR) is 60.1 cm³/mol. The summed E-state index contributed by atoms with van der Waals surface area (Å²) in [6, 6.07) is 4.72. The maximum Gasteiger partial charge on any atom is 0.323 e. The zero-order valence-electron chi connectivity index (χ0n) is 8.82. The first-order valence-corrected chi connectivity index (χ1v) is 5.03. The fourth-order valence-corrected chi connectivity index (χ4v) is 1.57. The number of hydrogen-bond donors (Lipinski definition) is 3. The summed E-state index contributed by atoms with van der Waals surface area (Å²) in [5.41, 5.74) is 1.21. The number of fused-ring (bicyclic) bond motifs is 1. The average Bonchev–Trinajstić information content (AvgIpc) is 2.64. The molecule has 88 valence electrons. The molecule has 0 atom stereocenters. The number of carboxylic acids is 1. The van der Waals surface area contributed by atoms with Crippen LogP contribution in [0.5, 0.6) is 0 Å². The molecule has 1 aromatic heterocycles. The monoisotopic (exact) mass is 234 g/mol. The Bertz CT molecular complexity index is 638. The molecular weight excluding hydrogens is 224 g/mol. The number of carbonyl (C=O) groups is 2. The molecule has 0 saturated heterocycles. The van der Waals surface area contributed by atoms with E-state index in [4.69, 9.17) is 5.11 Å². The molecule has 3 N–H and O–H groups in total. The van der Waals surface area contributed by atoms with Gasteiger partial charge in [-0.3, -0.25) is 9.59 Å². The minimum absolute atomic E-state index is 0.0461. The maximum absolute atomic E-state index is 11.6. The summed E-state index contributed by atoms with van der Waals surface area (Å²) >= 11 is 0.